The van der Waals surface area contributed by atoms with Crippen LogP contribution in [0.25, 0.3) is 0 Å². The molecule has 0 aromatic heterocycles. The maximum Gasteiger partial charge on any atom is 0.337 e. The summed E-state index contributed by atoms with van der Waals surface area (Å²) in [6, 6.07) is 22.2. The van der Waals surface area contributed by atoms with Gasteiger partial charge in [0.05, 0.1) is 32.5 Å². The van der Waals surface area contributed by atoms with E-state index in [2.05, 4.69) is 70.7 Å². The van der Waals surface area contributed by atoms with E-state index in [4.69, 9.17) is 25.8 Å². The predicted molar refractivity (Wildman–Crippen MR) is 182 cm³/mol. The second-order valence-electron chi connectivity index (χ2n) is 13.7. The molecule has 0 heterocycles. The molecule has 0 aliphatic heterocycles. The molecule has 0 saturated heterocycles. The molecule has 244 valence electrons. The van der Waals surface area contributed by atoms with Gasteiger partial charge in [0, 0.05) is 24.5 Å². The van der Waals surface area contributed by atoms with Gasteiger partial charge >= 0.3 is 11.9 Å². The molecule has 1 atom stereocenters. The molecule has 6 nitrogen and oxygen atoms in total. The van der Waals surface area contributed by atoms with E-state index in [0.717, 1.165) is 36.1 Å². The van der Waals surface area contributed by atoms with E-state index in [0.29, 0.717) is 36.7 Å². The number of ether oxygens (including phenoxy) is 3. The first-order chi connectivity index (χ1) is 21.2. The summed E-state index contributed by atoms with van der Waals surface area (Å²) in [6.45, 7) is 15.9. The normalized spacial score (nSPS) is 12.7. The zero-order valence-electron chi connectivity index (χ0n) is 28.2. The van der Waals surface area contributed by atoms with Gasteiger partial charge in [0.2, 0.25) is 0 Å². The molecule has 0 saturated carbocycles. The maximum absolute atomic E-state index is 12.0. The lowest BCUT2D eigenvalue weighted by Gasteiger charge is -2.29. The van der Waals surface area contributed by atoms with E-state index in [1.165, 1.54) is 25.3 Å². The molecule has 0 unspecified atom stereocenters. The van der Waals surface area contributed by atoms with Crippen molar-refractivity contribution in [2.45, 2.75) is 90.9 Å². The Morgan fingerprint density at radius 2 is 1.44 bits per heavy atom. The highest BCUT2D eigenvalue weighted by atomic mass is 35.5. The lowest BCUT2D eigenvalue weighted by atomic mass is 9.79. The van der Waals surface area contributed by atoms with Crippen molar-refractivity contribution in [2.75, 3.05) is 27.3 Å². The van der Waals surface area contributed by atoms with Crippen molar-refractivity contribution < 1.29 is 23.8 Å². The first-order valence-corrected chi connectivity index (χ1v) is 16.1. The quantitative estimate of drug-likeness (QED) is 0.130. The van der Waals surface area contributed by atoms with Gasteiger partial charge in [0.1, 0.15) is 0 Å². The van der Waals surface area contributed by atoms with Crippen LogP contribution in [-0.2, 0) is 43.0 Å². The third kappa shape index (κ3) is 11.6. The Kier molecular flexibility index (Phi) is 13.2. The molecule has 0 aliphatic rings. The molecule has 0 fully saturated rings. The number of hydrogen-bond acceptors (Lipinski definition) is 6. The summed E-state index contributed by atoms with van der Waals surface area (Å²) in [7, 11) is 2.80. The van der Waals surface area contributed by atoms with E-state index in [-0.39, 0.29) is 28.9 Å². The van der Waals surface area contributed by atoms with Crippen LogP contribution in [0.3, 0.4) is 0 Å². The standard InChI is InChI=1S/C38H50ClNO5/c1-37(2,3)31-20-28(21-32(23-31)38(4,5)6)26-45-34(30-12-11-13-33(39)22-30)25-40(19-10-9-14-35(41)43-7)24-27-15-17-29(18-16-27)36(42)44-8/h11-13,15-18,20-23,34H,9-10,14,19,24-26H2,1-8H3/t34-/m0/s1. The van der Waals surface area contributed by atoms with E-state index >= 15 is 0 Å². The maximum atomic E-state index is 12.0. The van der Waals surface area contributed by atoms with Crippen LogP contribution in [-0.4, -0.2) is 44.1 Å². The predicted octanol–water partition coefficient (Wildman–Crippen LogP) is 8.83. The second kappa shape index (κ2) is 16.4. The van der Waals surface area contributed by atoms with Crippen LogP contribution >= 0.6 is 11.6 Å². The van der Waals surface area contributed by atoms with Gasteiger partial charge in [-0.25, -0.2) is 4.79 Å². The Morgan fingerprint density at radius 1 is 0.800 bits per heavy atom. The molecule has 3 rings (SSSR count). The fraction of sp³-hybridized carbons (Fsp3) is 0.474. The smallest absolute Gasteiger partial charge is 0.337 e. The molecule has 0 spiro atoms. The number of rotatable bonds is 14. The molecule has 0 bridgehead atoms. The van der Waals surface area contributed by atoms with E-state index in [9.17, 15) is 9.59 Å². The Hall–Kier alpha value is -3.19. The van der Waals surface area contributed by atoms with Gasteiger partial charge in [-0.05, 0) is 82.3 Å². The summed E-state index contributed by atoms with van der Waals surface area (Å²) in [4.78, 5) is 26.0. The minimum atomic E-state index is -0.360. The highest BCUT2D eigenvalue weighted by Crippen LogP contribution is 2.32. The SMILES string of the molecule is COC(=O)CCCCN(Cc1ccc(C(=O)OC)cc1)C[C@H](OCc1cc(C(C)(C)C)cc(C(C)(C)C)c1)c1cccc(Cl)c1. The van der Waals surface area contributed by atoms with Gasteiger partial charge in [-0.1, -0.05) is 95.6 Å². The molecule has 7 heteroatoms. The van der Waals surface area contributed by atoms with Crippen molar-refractivity contribution in [1.82, 2.24) is 4.90 Å². The average molecular weight is 636 g/mol. The van der Waals surface area contributed by atoms with Crippen LogP contribution in [0.5, 0.6) is 0 Å². The van der Waals surface area contributed by atoms with Crippen molar-refractivity contribution in [3.05, 3.63) is 105 Å². The van der Waals surface area contributed by atoms with Crippen LogP contribution in [0.2, 0.25) is 5.02 Å². The van der Waals surface area contributed by atoms with Gasteiger partial charge in [-0.15, -0.1) is 0 Å². The molecular formula is C38H50ClNO5. The third-order valence-electron chi connectivity index (χ3n) is 7.93. The fourth-order valence-corrected chi connectivity index (χ4v) is 5.30. The lowest BCUT2D eigenvalue weighted by Crippen LogP contribution is -2.30. The molecule has 45 heavy (non-hydrogen) atoms. The number of unbranched alkanes of at least 4 members (excludes halogenated alkanes) is 1. The zero-order chi connectivity index (χ0) is 33.2. The number of methoxy groups -OCH3 is 2. The summed E-state index contributed by atoms with van der Waals surface area (Å²) in [5.41, 5.74) is 6.31. The number of carbonyl (C=O) groups is 2. The first kappa shape index (κ1) is 36.3. The summed E-state index contributed by atoms with van der Waals surface area (Å²) >= 11 is 6.46. The van der Waals surface area contributed by atoms with Crippen molar-refractivity contribution in [3.63, 3.8) is 0 Å². The summed E-state index contributed by atoms with van der Waals surface area (Å²) in [6.07, 6.45) is 1.67. The summed E-state index contributed by atoms with van der Waals surface area (Å²) in [5, 5.41) is 0.661. The molecule has 0 radical (unpaired) electrons. The highest BCUT2D eigenvalue weighted by Gasteiger charge is 2.23. The van der Waals surface area contributed by atoms with E-state index in [1.807, 2.05) is 30.3 Å². The van der Waals surface area contributed by atoms with Gasteiger partial charge in [-0.3, -0.25) is 9.69 Å². The van der Waals surface area contributed by atoms with Crippen LogP contribution in [0.4, 0.5) is 0 Å². The Bertz CT molecular complexity index is 1370. The van der Waals surface area contributed by atoms with Gasteiger partial charge < -0.3 is 14.2 Å². The largest absolute Gasteiger partial charge is 0.469 e. The Morgan fingerprint density at radius 3 is 2.00 bits per heavy atom. The minimum absolute atomic E-state index is 0.00673. The lowest BCUT2D eigenvalue weighted by molar-refractivity contribution is -0.140. The summed E-state index contributed by atoms with van der Waals surface area (Å²) < 4.78 is 16.5. The first-order valence-electron chi connectivity index (χ1n) is 15.7. The second-order valence-corrected chi connectivity index (χ2v) is 14.2. The van der Waals surface area contributed by atoms with Crippen LogP contribution in [0, 0.1) is 0 Å². The van der Waals surface area contributed by atoms with Crippen molar-refractivity contribution in [1.29, 1.82) is 0 Å². The zero-order valence-corrected chi connectivity index (χ0v) is 29.0. The third-order valence-corrected chi connectivity index (χ3v) is 8.17. The number of halogens is 1. The number of nitrogens with zero attached hydrogens (tertiary/aromatic N) is 1. The molecular weight excluding hydrogens is 586 g/mol. The monoisotopic (exact) mass is 635 g/mol. The van der Waals surface area contributed by atoms with Crippen molar-refractivity contribution in [3.8, 4) is 0 Å². The molecule has 0 aliphatic carbocycles. The molecule has 3 aromatic carbocycles. The Labute approximate surface area is 275 Å². The summed E-state index contributed by atoms with van der Waals surface area (Å²) in [5.74, 6) is -0.562. The van der Waals surface area contributed by atoms with Crippen LogP contribution in [0.1, 0.15) is 105 Å². The topological polar surface area (TPSA) is 65.1 Å². The molecule has 0 N–H and O–H groups in total. The Balaban J connectivity index is 1.90. The van der Waals surface area contributed by atoms with Crippen molar-refractivity contribution >= 4 is 23.5 Å². The fourth-order valence-electron chi connectivity index (χ4n) is 5.10. The number of benzene rings is 3. The number of hydrogen-bond donors (Lipinski definition) is 0. The highest BCUT2D eigenvalue weighted by molar-refractivity contribution is 6.30. The van der Waals surface area contributed by atoms with Gasteiger partial charge in [0.15, 0.2) is 0 Å². The van der Waals surface area contributed by atoms with Crippen LogP contribution in [0.15, 0.2) is 66.7 Å². The molecule has 0 amide bonds. The van der Waals surface area contributed by atoms with Crippen molar-refractivity contribution in [2.24, 2.45) is 0 Å². The average Bonchev–Trinajstić information content (AvgIpc) is 2.99. The van der Waals surface area contributed by atoms with Gasteiger partial charge in [0.25, 0.3) is 0 Å². The minimum Gasteiger partial charge on any atom is -0.469 e. The molecule has 3 aromatic rings. The van der Waals surface area contributed by atoms with Crippen LogP contribution < -0.4 is 0 Å². The van der Waals surface area contributed by atoms with E-state index < -0.39 is 0 Å². The number of esters is 2. The van der Waals surface area contributed by atoms with E-state index in [1.54, 1.807) is 12.1 Å². The van der Waals surface area contributed by atoms with Gasteiger partial charge in [-0.2, -0.15) is 0 Å². The number of carbonyl (C=O) groups excluding carboxylic acids is 2.